The van der Waals surface area contributed by atoms with Crippen LogP contribution in [0.3, 0.4) is 0 Å². The molecule has 0 unspecified atom stereocenters. The van der Waals surface area contributed by atoms with Crippen molar-refractivity contribution in [1.82, 2.24) is 9.97 Å². The van der Waals surface area contributed by atoms with E-state index in [9.17, 15) is 0 Å². The van der Waals surface area contributed by atoms with Crippen LogP contribution in [0.15, 0.2) is 0 Å². The smallest absolute Gasteiger partial charge is 0.134 e. The molecule has 0 atom stereocenters. The van der Waals surface area contributed by atoms with Crippen molar-refractivity contribution in [3.8, 4) is 0 Å². The van der Waals surface area contributed by atoms with Crippen LogP contribution in [-0.4, -0.2) is 23.1 Å². The molecule has 1 aromatic heterocycles. The van der Waals surface area contributed by atoms with Crippen molar-refractivity contribution >= 4 is 11.6 Å². The average molecular weight is 292 g/mol. The molecule has 4 heteroatoms. The van der Waals surface area contributed by atoms with Gasteiger partial charge in [-0.2, -0.15) is 0 Å². The number of unbranched alkanes of at least 4 members (excludes halogenated alkanes) is 3. The van der Waals surface area contributed by atoms with E-state index in [1.807, 2.05) is 0 Å². The van der Waals surface area contributed by atoms with E-state index in [4.69, 9.17) is 0 Å². The Labute approximate surface area is 130 Å². The van der Waals surface area contributed by atoms with Crippen molar-refractivity contribution < 1.29 is 0 Å². The number of hydrogen-bond acceptors (Lipinski definition) is 4. The second-order valence-corrected chi connectivity index (χ2v) is 5.63. The fourth-order valence-corrected chi connectivity index (χ4v) is 2.24. The summed E-state index contributed by atoms with van der Waals surface area (Å²) >= 11 is 0. The molecule has 0 amide bonds. The molecule has 0 radical (unpaired) electrons. The van der Waals surface area contributed by atoms with Gasteiger partial charge in [0.2, 0.25) is 0 Å². The van der Waals surface area contributed by atoms with Crippen molar-refractivity contribution in [1.29, 1.82) is 0 Å². The van der Waals surface area contributed by atoms with Crippen LogP contribution in [0.1, 0.15) is 70.7 Å². The molecule has 0 bridgehead atoms. The summed E-state index contributed by atoms with van der Waals surface area (Å²) in [4.78, 5) is 9.34. The molecular formula is C17H32N4. The van der Waals surface area contributed by atoms with Crippen molar-refractivity contribution in [3.63, 3.8) is 0 Å². The fraction of sp³-hybridized carbons (Fsp3) is 0.765. The summed E-state index contributed by atoms with van der Waals surface area (Å²) in [6.07, 6.45) is 8.20. The van der Waals surface area contributed by atoms with Crippen LogP contribution >= 0.6 is 0 Å². The molecule has 0 saturated heterocycles. The minimum absolute atomic E-state index is 0.936. The molecule has 2 N–H and O–H groups in total. The minimum atomic E-state index is 0.936. The van der Waals surface area contributed by atoms with Crippen LogP contribution in [0.25, 0.3) is 0 Å². The molecule has 120 valence electrons. The van der Waals surface area contributed by atoms with Gasteiger partial charge in [0.15, 0.2) is 0 Å². The molecule has 21 heavy (non-hydrogen) atoms. The number of nitrogens with zero attached hydrogens (tertiary/aromatic N) is 2. The van der Waals surface area contributed by atoms with Crippen LogP contribution in [-0.2, 0) is 6.42 Å². The van der Waals surface area contributed by atoms with E-state index in [1.165, 1.54) is 25.7 Å². The predicted molar refractivity (Wildman–Crippen MR) is 92.2 cm³/mol. The first-order valence-corrected chi connectivity index (χ1v) is 8.58. The van der Waals surface area contributed by atoms with Gasteiger partial charge in [0.05, 0.1) is 0 Å². The van der Waals surface area contributed by atoms with Gasteiger partial charge in [0.1, 0.15) is 17.5 Å². The van der Waals surface area contributed by atoms with Crippen LogP contribution in [0.4, 0.5) is 11.6 Å². The lowest BCUT2D eigenvalue weighted by molar-refractivity contribution is 0.683. The zero-order valence-corrected chi connectivity index (χ0v) is 14.3. The number of aromatic nitrogens is 2. The fourth-order valence-electron chi connectivity index (χ4n) is 2.24. The van der Waals surface area contributed by atoms with Gasteiger partial charge in [0, 0.05) is 25.1 Å². The minimum Gasteiger partial charge on any atom is -0.370 e. The molecule has 0 spiro atoms. The average Bonchev–Trinajstić information content (AvgIpc) is 2.48. The highest BCUT2D eigenvalue weighted by Crippen LogP contribution is 2.20. The Balaban J connectivity index is 2.72. The van der Waals surface area contributed by atoms with E-state index in [0.717, 1.165) is 55.4 Å². The van der Waals surface area contributed by atoms with Crippen molar-refractivity contribution in [3.05, 3.63) is 11.4 Å². The number of hydrogen-bond donors (Lipinski definition) is 2. The largest absolute Gasteiger partial charge is 0.370 e. The van der Waals surface area contributed by atoms with Crippen molar-refractivity contribution in [2.75, 3.05) is 23.7 Å². The van der Waals surface area contributed by atoms with Gasteiger partial charge in [-0.15, -0.1) is 0 Å². The molecule has 0 saturated carbocycles. The quantitative estimate of drug-likeness (QED) is 0.587. The normalized spacial score (nSPS) is 10.7. The van der Waals surface area contributed by atoms with Gasteiger partial charge in [-0.05, 0) is 26.2 Å². The van der Waals surface area contributed by atoms with Gasteiger partial charge in [0.25, 0.3) is 0 Å². The molecule has 0 aliphatic rings. The van der Waals surface area contributed by atoms with E-state index >= 15 is 0 Å². The Kier molecular flexibility index (Phi) is 8.79. The van der Waals surface area contributed by atoms with E-state index in [1.54, 1.807) is 0 Å². The second-order valence-electron chi connectivity index (χ2n) is 5.63. The van der Waals surface area contributed by atoms with Gasteiger partial charge in [-0.25, -0.2) is 9.97 Å². The number of aryl methyl sites for hydroxylation is 1. The molecule has 0 aliphatic heterocycles. The Morgan fingerprint density at radius 2 is 1.43 bits per heavy atom. The summed E-state index contributed by atoms with van der Waals surface area (Å²) in [5.74, 6) is 2.94. The first-order valence-electron chi connectivity index (χ1n) is 8.58. The molecule has 0 aliphatic carbocycles. The third kappa shape index (κ3) is 6.32. The maximum Gasteiger partial charge on any atom is 0.134 e. The van der Waals surface area contributed by atoms with Crippen molar-refractivity contribution in [2.24, 2.45) is 0 Å². The van der Waals surface area contributed by atoms with Crippen LogP contribution in [0, 0.1) is 6.92 Å². The number of nitrogens with one attached hydrogen (secondary N) is 2. The topological polar surface area (TPSA) is 49.8 Å². The first kappa shape index (κ1) is 17.7. The Bertz CT molecular complexity index is 404. The summed E-state index contributed by atoms with van der Waals surface area (Å²) in [5.41, 5.74) is 1.14. The summed E-state index contributed by atoms with van der Waals surface area (Å²) in [5, 5.41) is 6.92. The van der Waals surface area contributed by atoms with Crippen LogP contribution < -0.4 is 10.6 Å². The third-order valence-corrected chi connectivity index (χ3v) is 3.53. The highest BCUT2D eigenvalue weighted by atomic mass is 15.1. The van der Waals surface area contributed by atoms with Gasteiger partial charge in [-0.1, -0.05) is 40.0 Å². The zero-order chi connectivity index (χ0) is 15.5. The lowest BCUT2D eigenvalue weighted by Crippen LogP contribution is -2.12. The maximum absolute atomic E-state index is 4.69. The Morgan fingerprint density at radius 1 is 0.762 bits per heavy atom. The highest BCUT2D eigenvalue weighted by molar-refractivity contribution is 5.57. The molecule has 0 aromatic carbocycles. The highest BCUT2D eigenvalue weighted by Gasteiger charge is 2.10. The molecule has 1 rings (SSSR count). The maximum atomic E-state index is 4.69. The van der Waals surface area contributed by atoms with Crippen LogP contribution in [0.5, 0.6) is 0 Å². The summed E-state index contributed by atoms with van der Waals surface area (Å²) in [6, 6.07) is 0. The standard InChI is InChI=1S/C17H32N4/c1-5-8-9-10-13-19-17-14(4)16(18-12-7-3)20-15(21-17)11-6-2/h5-13H2,1-4H3,(H2,18,19,20,21). The summed E-state index contributed by atoms with van der Waals surface area (Å²) < 4.78 is 0. The van der Waals surface area contributed by atoms with Crippen LogP contribution in [0.2, 0.25) is 0 Å². The molecule has 0 fully saturated rings. The van der Waals surface area contributed by atoms with E-state index in [0.29, 0.717) is 0 Å². The van der Waals surface area contributed by atoms with Gasteiger partial charge in [-0.3, -0.25) is 0 Å². The monoisotopic (exact) mass is 292 g/mol. The second kappa shape index (κ2) is 10.4. The number of anilines is 2. The number of rotatable bonds is 11. The third-order valence-electron chi connectivity index (χ3n) is 3.53. The summed E-state index contributed by atoms with van der Waals surface area (Å²) in [7, 11) is 0. The van der Waals surface area contributed by atoms with Crippen molar-refractivity contribution in [2.45, 2.75) is 72.6 Å². The predicted octanol–water partition coefficient (Wildman–Crippen LogP) is 4.55. The van der Waals surface area contributed by atoms with Gasteiger partial charge < -0.3 is 10.6 Å². The van der Waals surface area contributed by atoms with Gasteiger partial charge >= 0.3 is 0 Å². The van der Waals surface area contributed by atoms with E-state index in [2.05, 4.69) is 48.3 Å². The van der Waals surface area contributed by atoms with E-state index < -0.39 is 0 Å². The molecular weight excluding hydrogens is 260 g/mol. The zero-order valence-electron chi connectivity index (χ0n) is 14.3. The first-order chi connectivity index (χ1) is 10.2. The molecule has 1 aromatic rings. The molecule has 1 heterocycles. The van der Waals surface area contributed by atoms with E-state index in [-0.39, 0.29) is 0 Å². The Hall–Kier alpha value is -1.32. The summed E-state index contributed by atoms with van der Waals surface area (Å²) in [6.45, 7) is 10.6. The SMILES string of the molecule is CCCCCCNc1nc(CCC)nc(NCCC)c1C. The lowest BCUT2D eigenvalue weighted by Gasteiger charge is -2.15. The molecule has 4 nitrogen and oxygen atoms in total. The lowest BCUT2D eigenvalue weighted by atomic mass is 10.2. The Morgan fingerprint density at radius 3 is 2.00 bits per heavy atom.